The summed E-state index contributed by atoms with van der Waals surface area (Å²) >= 11 is 0. The van der Waals surface area contributed by atoms with Gasteiger partial charge in [0.15, 0.2) is 9.84 Å². The first-order valence-corrected chi connectivity index (χ1v) is 9.62. The second kappa shape index (κ2) is 6.24. The van der Waals surface area contributed by atoms with Crippen molar-refractivity contribution in [1.82, 2.24) is 0 Å². The third-order valence-corrected chi connectivity index (χ3v) is 5.20. The van der Waals surface area contributed by atoms with Crippen LogP contribution in [0.4, 0.5) is 0 Å². The molecule has 0 bridgehead atoms. The van der Waals surface area contributed by atoms with Crippen molar-refractivity contribution in [2.75, 3.05) is 6.26 Å². The van der Waals surface area contributed by atoms with Crippen molar-refractivity contribution < 1.29 is 17.9 Å². The van der Waals surface area contributed by atoms with Gasteiger partial charge >= 0.3 is 5.97 Å². The van der Waals surface area contributed by atoms with E-state index in [4.69, 9.17) is 4.74 Å². The molecule has 0 radical (unpaired) electrons. The van der Waals surface area contributed by atoms with Crippen molar-refractivity contribution in [1.29, 1.82) is 0 Å². The van der Waals surface area contributed by atoms with Gasteiger partial charge in [-0.1, -0.05) is 49.4 Å². The van der Waals surface area contributed by atoms with E-state index in [1.54, 1.807) is 24.3 Å². The Morgan fingerprint density at radius 1 is 0.958 bits per heavy atom. The van der Waals surface area contributed by atoms with Crippen LogP contribution >= 0.6 is 0 Å². The summed E-state index contributed by atoms with van der Waals surface area (Å²) < 4.78 is 28.8. The van der Waals surface area contributed by atoms with E-state index in [9.17, 15) is 13.2 Å². The average molecular weight is 342 g/mol. The largest absolute Gasteiger partial charge is 0.454 e. The fourth-order valence-electron chi connectivity index (χ4n) is 2.90. The molecular weight excluding hydrogens is 324 g/mol. The highest BCUT2D eigenvalue weighted by atomic mass is 32.2. The Balaban J connectivity index is 2.16. The second-order valence-electron chi connectivity index (χ2n) is 5.75. The van der Waals surface area contributed by atoms with Crippen LogP contribution < -0.4 is 0 Å². The Bertz CT molecular complexity index is 894. The summed E-state index contributed by atoms with van der Waals surface area (Å²) in [6.45, 7) is 1.96. The summed E-state index contributed by atoms with van der Waals surface area (Å²) in [5.41, 5.74) is 2.97. The number of sulfone groups is 1. The Labute approximate surface area is 141 Å². The van der Waals surface area contributed by atoms with E-state index in [0.717, 1.165) is 16.7 Å². The summed E-state index contributed by atoms with van der Waals surface area (Å²) in [7, 11) is -3.25. The molecule has 5 heteroatoms. The molecule has 4 nitrogen and oxygen atoms in total. The number of benzene rings is 2. The van der Waals surface area contributed by atoms with Gasteiger partial charge in [0.2, 0.25) is 0 Å². The number of carbonyl (C=O) groups is 1. The van der Waals surface area contributed by atoms with Gasteiger partial charge < -0.3 is 4.74 Å². The highest BCUT2D eigenvalue weighted by Crippen LogP contribution is 2.38. The fraction of sp³-hybridized carbons (Fsp3) is 0.211. The zero-order valence-electron chi connectivity index (χ0n) is 13.5. The van der Waals surface area contributed by atoms with Crippen LogP contribution in [0.15, 0.2) is 59.5 Å². The zero-order chi connectivity index (χ0) is 17.3. The minimum atomic E-state index is -3.25. The number of hydrogen-bond acceptors (Lipinski definition) is 4. The van der Waals surface area contributed by atoms with E-state index in [0.29, 0.717) is 12.0 Å². The smallest absolute Gasteiger partial charge is 0.339 e. The molecule has 1 heterocycles. The predicted molar refractivity (Wildman–Crippen MR) is 93.0 cm³/mol. The number of cyclic esters (lactones) is 1. The summed E-state index contributed by atoms with van der Waals surface area (Å²) in [5.74, 6) is -0.338. The Morgan fingerprint density at radius 3 is 2.12 bits per heavy atom. The molecule has 2 aromatic carbocycles. The van der Waals surface area contributed by atoms with Crippen LogP contribution in [-0.2, 0) is 19.4 Å². The van der Waals surface area contributed by atoms with E-state index in [1.807, 2.05) is 37.3 Å². The predicted octanol–water partition coefficient (Wildman–Crippen LogP) is 3.34. The van der Waals surface area contributed by atoms with Crippen molar-refractivity contribution in [3.8, 4) is 0 Å². The molecule has 0 aliphatic carbocycles. The quantitative estimate of drug-likeness (QED) is 0.800. The maximum atomic E-state index is 12.4. The molecule has 0 N–H and O–H groups in total. The fourth-order valence-corrected chi connectivity index (χ4v) is 3.53. The third-order valence-electron chi connectivity index (χ3n) is 4.07. The molecule has 0 spiro atoms. The maximum absolute atomic E-state index is 12.4. The normalized spacial score (nSPS) is 17.9. The standard InChI is InChI=1S/C19H18O4S/c1-3-16-17(14-9-11-15(12-10-14)24(2,21)22)18(19(20)23-16)13-7-5-4-6-8-13/h4-12,16H,3H2,1-2H3. The lowest BCUT2D eigenvalue weighted by molar-refractivity contribution is -0.137. The number of esters is 1. The van der Waals surface area contributed by atoms with Gasteiger partial charge in [0.05, 0.1) is 10.5 Å². The van der Waals surface area contributed by atoms with E-state index >= 15 is 0 Å². The molecule has 24 heavy (non-hydrogen) atoms. The molecule has 0 fully saturated rings. The van der Waals surface area contributed by atoms with Gasteiger partial charge in [0.1, 0.15) is 6.10 Å². The van der Waals surface area contributed by atoms with Crippen LogP contribution in [0.25, 0.3) is 11.1 Å². The molecule has 1 aliphatic rings. The first-order valence-electron chi connectivity index (χ1n) is 7.73. The Morgan fingerprint density at radius 2 is 1.58 bits per heavy atom. The minimum absolute atomic E-state index is 0.256. The lowest BCUT2D eigenvalue weighted by atomic mass is 9.92. The lowest BCUT2D eigenvalue weighted by Crippen LogP contribution is -2.09. The van der Waals surface area contributed by atoms with E-state index in [1.165, 1.54) is 6.26 Å². The van der Waals surface area contributed by atoms with Crippen LogP contribution in [-0.4, -0.2) is 26.7 Å². The molecule has 124 valence electrons. The number of ether oxygens (including phenoxy) is 1. The van der Waals surface area contributed by atoms with Crippen LogP contribution in [0.1, 0.15) is 24.5 Å². The van der Waals surface area contributed by atoms with E-state index < -0.39 is 9.84 Å². The number of hydrogen-bond donors (Lipinski definition) is 0. The summed E-state index contributed by atoms with van der Waals surface area (Å²) in [4.78, 5) is 12.6. The Kier molecular flexibility index (Phi) is 4.28. The molecule has 2 aromatic rings. The van der Waals surface area contributed by atoms with Gasteiger partial charge in [0.25, 0.3) is 0 Å². The highest BCUT2D eigenvalue weighted by Gasteiger charge is 2.34. The van der Waals surface area contributed by atoms with Crippen molar-refractivity contribution in [2.45, 2.75) is 24.3 Å². The second-order valence-corrected chi connectivity index (χ2v) is 7.77. The van der Waals surface area contributed by atoms with Gasteiger partial charge in [-0.15, -0.1) is 0 Å². The molecule has 1 atom stereocenters. The molecule has 0 amide bonds. The highest BCUT2D eigenvalue weighted by molar-refractivity contribution is 7.90. The van der Waals surface area contributed by atoms with Gasteiger partial charge in [-0.05, 0) is 29.7 Å². The van der Waals surface area contributed by atoms with Gasteiger partial charge in [-0.2, -0.15) is 0 Å². The molecule has 1 aliphatic heterocycles. The topological polar surface area (TPSA) is 60.4 Å². The summed E-state index contributed by atoms with van der Waals surface area (Å²) in [6.07, 6.45) is 1.51. The SMILES string of the molecule is CCC1OC(=O)C(c2ccccc2)=C1c1ccc(S(C)(=O)=O)cc1. The van der Waals surface area contributed by atoms with Crippen LogP contribution in [0.2, 0.25) is 0 Å². The lowest BCUT2D eigenvalue weighted by Gasteiger charge is -2.13. The average Bonchev–Trinajstić information content (AvgIpc) is 2.91. The Hall–Kier alpha value is -2.40. The van der Waals surface area contributed by atoms with Gasteiger partial charge in [-0.3, -0.25) is 0 Å². The zero-order valence-corrected chi connectivity index (χ0v) is 14.3. The molecule has 3 rings (SSSR count). The molecule has 0 saturated heterocycles. The first-order chi connectivity index (χ1) is 11.4. The van der Waals surface area contributed by atoms with E-state index in [-0.39, 0.29) is 17.0 Å². The third kappa shape index (κ3) is 2.99. The van der Waals surface area contributed by atoms with Gasteiger partial charge in [0, 0.05) is 11.8 Å². The van der Waals surface area contributed by atoms with Crippen molar-refractivity contribution in [3.63, 3.8) is 0 Å². The molecular formula is C19H18O4S. The molecule has 0 aromatic heterocycles. The summed E-state index contributed by atoms with van der Waals surface area (Å²) in [6, 6.07) is 16.0. The minimum Gasteiger partial charge on any atom is -0.454 e. The van der Waals surface area contributed by atoms with Crippen molar-refractivity contribution in [2.24, 2.45) is 0 Å². The maximum Gasteiger partial charge on any atom is 0.339 e. The first kappa shape index (κ1) is 16.5. The van der Waals surface area contributed by atoms with Crippen molar-refractivity contribution in [3.05, 3.63) is 65.7 Å². The number of rotatable bonds is 4. The summed E-state index contributed by atoms with van der Waals surface area (Å²) in [5, 5.41) is 0. The monoisotopic (exact) mass is 342 g/mol. The van der Waals surface area contributed by atoms with Crippen LogP contribution in [0.5, 0.6) is 0 Å². The van der Waals surface area contributed by atoms with E-state index in [2.05, 4.69) is 0 Å². The van der Waals surface area contributed by atoms with Gasteiger partial charge in [-0.25, -0.2) is 13.2 Å². The van der Waals surface area contributed by atoms with Crippen molar-refractivity contribution >= 4 is 27.0 Å². The van der Waals surface area contributed by atoms with Crippen LogP contribution in [0, 0.1) is 0 Å². The number of carbonyl (C=O) groups excluding carboxylic acids is 1. The van der Waals surface area contributed by atoms with Crippen LogP contribution in [0.3, 0.4) is 0 Å². The molecule has 1 unspecified atom stereocenters. The molecule has 0 saturated carbocycles.